The molecule has 1 fully saturated rings. The molecule has 1 saturated heterocycles. The second kappa shape index (κ2) is 11.3. The van der Waals surface area contributed by atoms with E-state index in [9.17, 15) is 4.79 Å². The number of amides is 1. The Morgan fingerprint density at radius 2 is 1.50 bits per heavy atom. The van der Waals surface area contributed by atoms with Gasteiger partial charge in [0.15, 0.2) is 0 Å². The van der Waals surface area contributed by atoms with E-state index < -0.39 is 11.9 Å². The third-order valence-corrected chi connectivity index (χ3v) is 5.31. The number of para-hydroxylation sites is 1. The second-order valence-electron chi connectivity index (χ2n) is 6.47. The molecule has 2 aromatic rings. The van der Waals surface area contributed by atoms with E-state index in [1.165, 1.54) is 5.56 Å². The van der Waals surface area contributed by atoms with E-state index in [4.69, 9.17) is 24.5 Å². The van der Waals surface area contributed by atoms with Crippen molar-refractivity contribution < 1.29 is 29.3 Å². The molecule has 0 bridgehead atoms. The van der Waals surface area contributed by atoms with E-state index in [0.29, 0.717) is 11.3 Å². The van der Waals surface area contributed by atoms with Crippen LogP contribution in [0.4, 0.5) is 0 Å². The predicted molar refractivity (Wildman–Crippen MR) is 114 cm³/mol. The number of hydrogen-bond acceptors (Lipinski definition) is 5. The molecule has 2 aromatic carbocycles. The molecule has 9 heteroatoms. The van der Waals surface area contributed by atoms with Crippen molar-refractivity contribution in [2.75, 3.05) is 33.3 Å². The van der Waals surface area contributed by atoms with Crippen molar-refractivity contribution in [2.45, 2.75) is 6.54 Å². The lowest BCUT2D eigenvalue weighted by molar-refractivity contribution is -0.159. The van der Waals surface area contributed by atoms with Gasteiger partial charge >= 0.3 is 11.9 Å². The number of aliphatic carboxylic acids is 2. The van der Waals surface area contributed by atoms with Gasteiger partial charge in [-0.1, -0.05) is 46.3 Å². The number of benzene rings is 2. The number of hydrogen-bond donors (Lipinski definition) is 2. The van der Waals surface area contributed by atoms with Crippen LogP contribution in [0, 0.1) is 0 Å². The highest BCUT2D eigenvalue weighted by Crippen LogP contribution is 2.21. The van der Waals surface area contributed by atoms with Crippen LogP contribution >= 0.6 is 15.9 Å². The third kappa shape index (κ3) is 6.57. The molecular weight excluding hydrogens is 456 g/mol. The zero-order valence-electron chi connectivity index (χ0n) is 16.5. The Morgan fingerprint density at radius 3 is 2.07 bits per heavy atom. The SMILES string of the molecule is COc1ccccc1C(=O)N1CCN(Cc2ccccc2Br)CC1.O=C(O)C(=O)O. The first-order valence-corrected chi connectivity index (χ1v) is 9.97. The minimum Gasteiger partial charge on any atom is -0.496 e. The topological polar surface area (TPSA) is 107 Å². The van der Waals surface area contributed by atoms with Crippen molar-refractivity contribution in [1.29, 1.82) is 0 Å². The molecule has 1 aliphatic heterocycles. The first-order chi connectivity index (χ1) is 14.3. The minimum absolute atomic E-state index is 0.0491. The van der Waals surface area contributed by atoms with Crippen molar-refractivity contribution in [1.82, 2.24) is 9.80 Å². The first-order valence-electron chi connectivity index (χ1n) is 9.17. The standard InChI is InChI=1S/C19H21BrN2O2.C2H2O4/c1-24-18-9-5-3-7-16(18)19(23)22-12-10-21(11-13-22)14-15-6-2-4-8-17(15)20;3-1(4)2(5)6/h2-9H,10-14H2,1H3;(H,3,4)(H,5,6). The van der Waals surface area contributed by atoms with Crippen LogP contribution in [-0.4, -0.2) is 71.1 Å². The molecule has 0 radical (unpaired) electrons. The number of carbonyl (C=O) groups excluding carboxylic acids is 1. The number of ether oxygens (including phenoxy) is 1. The summed E-state index contributed by atoms with van der Waals surface area (Å²) in [6, 6.07) is 15.7. The van der Waals surface area contributed by atoms with E-state index in [1.54, 1.807) is 7.11 Å². The summed E-state index contributed by atoms with van der Waals surface area (Å²) in [5.74, 6) is -2.96. The molecule has 160 valence electrons. The third-order valence-electron chi connectivity index (χ3n) is 4.53. The van der Waals surface area contributed by atoms with Gasteiger partial charge in [0.2, 0.25) is 0 Å². The van der Waals surface area contributed by atoms with Crippen LogP contribution < -0.4 is 4.74 Å². The van der Waals surface area contributed by atoms with Gasteiger partial charge in [-0.15, -0.1) is 0 Å². The highest BCUT2D eigenvalue weighted by atomic mass is 79.9. The normalized spacial score (nSPS) is 13.7. The number of halogens is 1. The maximum atomic E-state index is 12.7. The van der Waals surface area contributed by atoms with E-state index >= 15 is 0 Å². The Hall–Kier alpha value is -2.91. The van der Waals surface area contributed by atoms with Gasteiger partial charge < -0.3 is 19.8 Å². The Balaban J connectivity index is 0.000000469. The maximum Gasteiger partial charge on any atom is 0.414 e. The molecule has 1 heterocycles. The zero-order chi connectivity index (χ0) is 22.1. The molecule has 30 heavy (non-hydrogen) atoms. The maximum absolute atomic E-state index is 12.7. The fraction of sp³-hybridized carbons (Fsp3) is 0.286. The lowest BCUT2D eigenvalue weighted by Gasteiger charge is -2.35. The summed E-state index contributed by atoms with van der Waals surface area (Å²) >= 11 is 3.60. The molecule has 0 aliphatic carbocycles. The van der Waals surface area contributed by atoms with Crippen molar-refractivity contribution in [3.63, 3.8) is 0 Å². The number of rotatable bonds is 4. The molecule has 0 aromatic heterocycles. The smallest absolute Gasteiger partial charge is 0.414 e. The molecule has 2 N–H and O–H groups in total. The van der Waals surface area contributed by atoms with E-state index in [0.717, 1.165) is 37.2 Å². The lowest BCUT2D eigenvalue weighted by atomic mass is 10.1. The van der Waals surface area contributed by atoms with Crippen molar-refractivity contribution in [3.05, 3.63) is 64.1 Å². The minimum atomic E-state index is -1.82. The number of carboxylic acid groups (broad SMARTS) is 2. The first kappa shape index (κ1) is 23.4. The van der Waals surface area contributed by atoms with Crippen LogP contribution in [-0.2, 0) is 16.1 Å². The second-order valence-corrected chi connectivity index (χ2v) is 7.32. The number of nitrogens with zero attached hydrogens (tertiary/aromatic N) is 2. The Morgan fingerprint density at radius 1 is 0.933 bits per heavy atom. The fourth-order valence-electron chi connectivity index (χ4n) is 2.97. The van der Waals surface area contributed by atoms with Gasteiger partial charge in [-0.2, -0.15) is 0 Å². The largest absolute Gasteiger partial charge is 0.496 e. The summed E-state index contributed by atoms with van der Waals surface area (Å²) < 4.78 is 6.44. The summed E-state index contributed by atoms with van der Waals surface area (Å²) in [6.07, 6.45) is 0. The summed E-state index contributed by atoms with van der Waals surface area (Å²) in [4.78, 5) is 35.2. The van der Waals surface area contributed by atoms with Crippen LogP contribution in [0.15, 0.2) is 53.0 Å². The van der Waals surface area contributed by atoms with E-state index in [-0.39, 0.29) is 5.91 Å². The summed E-state index contributed by atoms with van der Waals surface area (Å²) in [5, 5.41) is 14.8. The number of methoxy groups -OCH3 is 1. The molecule has 0 atom stereocenters. The van der Waals surface area contributed by atoms with Gasteiger partial charge in [0.25, 0.3) is 5.91 Å². The van der Waals surface area contributed by atoms with Crippen molar-refractivity contribution in [2.24, 2.45) is 0 Å². The van der Waals surface area contributed by atoms with Gasteiger partial charge in [0.05, 0.1) is 12.7 Å². The Kier molecular flexibility index (Phi) is 8.82. The van der Waals surface area contributed by atoms with E-state index in [1.807, 2.05) is 35.2 Å². The molecule has 0 unspecified atom stereocenters. The molecule has 8 nitrogen and oxygen atoms in total. The van der Waals surface area contributed by atoms with Crippen molar-refractivity contribution >= 4 is 33.8 Å². The fourth-order valence-corrected chi connectivity index (χ4v) is 3.38. The summed E-state index contributed by atoms with van der Waals surface area (Å²) in [6.45, 7) is 4.13. The van der Waals surface area contributed by atoms with E-state index in [2.05, 4.69) is 39.0 Å². The predicted octanol–water partition coefficient (Wildman–Crippen LogP) is 2.57. The van der Waals surface area contributed by atoms with Crippen LogP contribution in [0.25, 0.3) is 0 Å². The molecule has 0 spiro atoms. The Bertz CT molecular complexity index is 885. The van der Waals surface area contributed by atoms with Crippen LogP contribution in [0.3, 0.4) is 0 Å². The molecule has 0 saturated carbocycles. The highest BCUT2D eigenvalue weighted by molar-refractivity contribution is 9.10. The Labute approximate surface area is 182 Å². The number of carboxylic acids is 2. The zero-order valence-corrected chi connectivity index (χ0v) is 18.0. The average Bonchev–Trinajstić information content (AvgIpc) is 2.75. The molecular formula is C21H23BrN2O6. The van der Waals surface area contributed by atoms with Gasteiger partial charge in [0, 0.05) is 37.2 Å². The quantitative estimate of drug-likeness (QED) is 0.650. The van der Waals surface area contributed by atoms with Gasteiger partial charge in [0.1, 0.15) is 5.75 Å². The van der Waals surface area contributed by atoms with Crippen LogP contribution in [0.1, 0.15) is 15.9 Å². The molecule has 1 amide bonds. The average molecular weight is 479 g/mol. The highest BCUT2D eigenvalue weighted by Gasteiger charge is 2.24. The summed E-state index contributed by atoms with van der Waals surface area (Å²) in [7, 11) is 1.60. The molecule has 3 rings (SSSR count). The number of carbonyl (C=O) groups is 3. The van der Waals surface area contributed by atoms with Crippen LogP contribution in [0.5, 0.6) is 5.75 Å². The van der Waals surface area contributed by atoms with Crippen LogP contribution in [0.2, 0.25) is 0 Å². The van der Waals surface area contributed by atoms with Gasteiger partial charge in [-0.3, -0.25) is 9.69 Å². The van der Waals surface area contributed by atoms with Gasteiger partial charge in [-0.05, 0) is 23.8 Å². The molecule has 1 aliphatic rings. The van der Waals surface area contributed by atoms with Gasteiger partial charge in [-0.25, -0.2) is 9.59 Å². The van der Waals surface area contributed by atoms with Crippen molar-refractivity contribution in [3.8, 4) is 5.75 Å². The summed E-state index contributed by atoms with van der Waals surface area (Å²) in [5.41, 5.74) is 1.92. The number of piperazine rings is 1. The monoisotopic (exact) mass is 478 g/mol. The lowest BCUT2D eigenvalue weighted by Crippen LogP contribution is -2.48.